The number of hydrogen-bond acceptors (Lipinski definition) is 6. The van der Waals surface area contributed by atoms with Crippen LogP contribution in [0.1, 0.15) is 6.92 Å². The Kier molecular flexibility index (Phi) is 5.08. The molecule has 0 radical (unpaired) electrons. The molecule has 9 nitrogen and oxygen atoms in total. The molecule has 0 saturated carbocycles. The summed E-state index contributed by atoms with van der Waals surface area (Å²) in [5.74, 6) is -0.640. The predicted molar refractivity (Wildman–Crippen MR) is 114 cm³/mol. The van der Waals surface area contributed by atoms with Crippen LogP contribution in [0.2, 0.25) is 0 Å². The van der Waals surface area contributed by atoms with Crippen molar-refractivity contribution in [3.63, 3.8) is 0 Å². The molecule has 9 heteroatoms. The highest BCUT2D eigenvalue weighted by molar-refractivity contribution is 6.03. The molecule has 4 aliphatic rings. The minimum Gasteiger partial charge on any atom is -0.497 e. The maximum absolute atomic E-state index is 13.5. The first-order chi connectivity index (χ1) is 15.5. The molecule has 1 spiro atoms. The van der Waals surface area contributed by atoms with Gasteiger partial charge in [0.2, 0.25) is 11.8 Å². The van der Waals surface area contributed by atoms with Gasteiger partial charge in [-0.1, -0.05) is 18.2 Å². The second-order valence-corrected chi connectivity index (χ2v) is 8.54. The number of carbonyl (C=O) groups is 3. The third-order valence-electron chi connectivity index (χ3n) is 6.87. The van der Waals surface area contributed by atoms with Crippen LogP contribution in [0, 0.1) is 11.8 Å². The Morgan fingerprint density at radius 3 is 2.66 bits per heavy atom. The molecule has 0 aliphatic carbocycles. The van der Waals surface area contributed by atoms with Gasteiger partial charge in [-0.2, -0.15) is 0 Å². The molecule has 2 bridgehead atoms. The van der Waals surface area contributed by atoms with E-state index in [4.69, 9.17) is 14.2 Å². The lowest BCUT2D eigenvalue weighted by Gasteiger charge is -2.36. The summed E-state index contributed by atoms with van der Waals surface area (Å²) in [7, 11) is 1.59. The molecule has 3 fully saturated rings. The Labute approximate surface area is 186 Å². The van der Waals surface area contributed by atoms with Gasteiger partial charge in [0.1, 0.15) is 11.4 Å². The SMILES string of the molecule is CCOC(=O)N1CCN(C(=O)C2C3C=C[C@]4(CN(c5cccc(OC)c5)C(=O)C24)O3)CC1. The first kappa shape index (κ1) is 20.8. The Hall–Kier alpha value is -3.07. The molecule has 0 N–H and O–H groups in total. The van der Waals surface area contributed by atoms with Gasteiger partial charge in [0.25, 0.3) is 0 Å². The number of fused-ring (bicyclic) bond motifs is 1. The minimum atomic E-state index is -0.780. The van der Waals surface area contributed by atoms with Crippen LogP contribution in [0.4, 0.5) is 10.5 Å². The van der Waals surface area contributed by atoms with Gasteiger partial charge < -0.3 is 28.9 Å². The van der Waals surface area contributed by atoms with Crippen LogP contribution in [0.5, 0.6) is 5.75 Å². The Morgan fingerprint density at radius 1 is 1.19 bits per heavy atom. The number of benzene rings is 1. The Bertz CT molecular complexity index is 972. The molecule has 3 amide bonds. The number of rotatable bonds is 4. The van der Waals surface area contributed by atoms with Gasteiger partial charge in [0, 0.05) is 37.9 Å². The third kappa shape index (κ3) is 3.14. The lowest BCUT2D eigenvalue weighted by atomic mass is 9.76. The van der Waals surface area contributed by atoms with E-state index in [-0.39, 0.29) is 17.9 Å². The van der Waals surface area contributed by atoms with Crippen LogP contribution in [0.25, 0.3) is 0 Å². The summed E-state index contributed by atoms with van der Waals surface area (Å²) in [4.78, 5) is 44.0. The molecule has 3 saturated heterocycles. The zero-order valence-electron chi connectivity index (χ0n) is 18.2. The van der Waals surface area contributed by atoms with E-state index in [1.54, 1.807) is 28.7 Å². The minimum absolute atomic E-state index is 0.0874. The van der Waals surface area contributed by atoms with Gasteiger partial charge in [0.05, 0.1) is 38.2 Å². The van der Waals surface area contributed by atoms with Gasteiger partial charge >= 0.3 is 6.09 Å². The smallest absolute Gasteiger partial charge is 0.409 e. The number of amides is 3. The van der Waals surface area contributed by atoms with Crippen molar-refractivity contribution in [2.24, 2.45) is 11.8 Å². The average molecular weight is 441 g/mol. The molecule has 1 aromatic carbocycles. The van der Waals surface area contributed by atoms with E-state index in [9.17, 15) is 14.4 Å². The summed E-state index contributed by atoms with van der Waals surface area (Å²) in [6.45, 7) is 4.12. The van der Waals surface area contributed by atoms with Crippen LogP contribution in [-0.2, 0) is 19.1 Å². The average Bonchev–Trinajstić information content (AvgIpc) is 3.47. The second kappa shape index (κ2) is 7.81. The first-order valence-electron chi connectivity index (χ1n) is 11.0. The fraction of sp³-hybridized carbons (Fsp3) is 0.522. The molecule has 5 rings (SSSR count). The number of piperazine rings is 1. The summed E-state index contributed by atoms with van der Waals surface area (Å²) in [5, 5.41) is 0. The molecule has 0 aromatic heterocycles. The van der Waals surface area contributed by atoms with Gasteiger partial charge in [-0.05, 0) is 19.1 Å². The molecular weight excluding hydrogens is 414 g/mol. The maximum atomic E-state index is 13.5. The zero-order chi connectivity index (χ0) is 22.5. The zero-order valence-corrected chi connectivity index (χ0v) is 18.2. The van der Waals surface area contributed by atoms with Crippen LogP contribution in [0.15, 0.2) is 36.4 Å². The number of anilines is 1. The van der Waals surface area contributed by atoms with Crippen molar-refractivity contribution in [1.82, 2.24) is 9.80 Å². The molecule has 170 valence electrons. The highest BCUT2D eigenvalue weighted by Crippen LogP contribution is 2.53. The second-order valence-electron chi connectivity index (χ2n) is 8.54. The first-order valence-corrected chi connectivity index (χ1v) is 11.0. The number of carbonyl (C=O) groups excluding carboxylic acids is 3. The third-order valence-corrected chi connectivity index (χ3v) is 6.87. The van der Waals surface area contributed by atoms with E-state index in [1.807, 2.05) is 36.4 Å². The van der Waals surface area contributed by atoms with E-state index >= 15 is 0 Å². The summed E-state index contributed by atoms with van der Waals surface area (Å²) < 4.78 is 16.6. The molecule has 4 aliphatic heterocycles. The molecule has 3 unspecified atom stereocenters. The maximum Gasteiger partial charge on any atom is 0.409 e. The van der Waals surface area contributed by atoms with Gasteiger partial charge in [-0.15, -0.1) is 0 Å². The number of methoxy groups -OCH3 is 1. The standard InChI is InChI=1S/C23H27N3O6/c1-3-31-22(29)25-11-9-24(10-12-25)20(27)18-17-7-8-23(32-17)14-26(21(28)19(18)23)15-5-4-6-16(13-15)30-2/h4-8,13,17-19H,3,9-12,14H2,1-2H3/t17?,18?,19?,23-/m1/s1. The lowest BCUT2D eigenvalue weighted by molar-refractivity contribution is -0.141. The molecule has 4 heterocycles. The van der Waals surface area contributed by atoms with Crippen molar-refractivity contribution in [1.29, 1.82) is 0 Å². The van der Waals surface area contributed by atoms with Crippen molar-refractivity contribution < 1.29 is 28.6 Å². The van der Waals surface area contributed by atoms with E-state index < -0.39 is 23.5 Å². The van der Waals surface area contributed by atoms with E-state index in [0.29, 0.717) is 45.1 Å². The Balaban J connectivity index is 1.33. The van der Waals surface area contributed by atoms with Crippen LogP contribution in [0.3, 0.4) is 0 Å². The van der Waals surface area contributed by atoms with Crippen molar-refractivity contribution in [3.05, 3.63) is 36.4 Å². The monoisotopic (exact) mass is 441 g/mol. The van der Waals surface area contributed by atoms with E-state index in [1.165, 1.54) is 0 Å². The Morgan fingerprint density at radius 2 is 1.94 bits per heavy atom. The highest BCUT2D eigenvalue weighted by atomic mass is 16.6. The summed E-state index contributed by atoms with van der Waals surface area (Å²) in [5.41, 5.74) is -0.0504. The molecule has 1 aromatic rings. The van der Waals surface area contributed by atoms with Crippen molar-refractivity contribution >= 4 is 23.6 Å². The molecule has 4 atom stereocenters. The largest absolute Gasteiger partial charge is 0.497 e. The lowest BCUT2D eigenvalue weighted by Crippen LogP contribution is -2.54. The number of nitrogens with zero attached hydrogens (tertiary/aromatic N) is 3. The predicted octanol–water partition coefficient (Wildman–Crippen LogP) is 1.28. The molecular formula is C23H27N3O6. The highest BCUT2D eigenvalue weighted by Gasteiger charge is 2.67. The molecule has 32 heavy (non-hydrogen) atoms. The van der Waals surface area contributed by atoms with Gasteiger partial charge in [-0.3, -0.25) is 9.59 Å². The van der Waals surface area contributed by atoms with Crippen LogP contribution in [-0.4, -0.2) is 85.9 Å². The van der Waals surface area contributed by atoms with Crippen molar-refractivity contribution in [3.8, 4) is 5.75 Å². The van der Waals surface area contributed by atoms with E-state index in [2.05, 4.69) is 0 Å². The summed E-state index contributed by atoms with van der Waals surface area (Å²) in [6.07, 6.45) is 3.11. The topological polar surface area (TPSA) is 88.6 Å². The van der Waals surface area contributed by atoms with Gasteiger partial charge in [0.15, 0.2) is 0 Å². The fourth-order valence-corrected chi connectivity index (χ4v) is 5.31. The van der Waals surface area contributed by atoms with Crippen LogP contribution >= 0.6 is 0 Å². The van der Waals surface area contributed by atoms with Crippen molar-refractivity contribution in [2.45, 2.75) is 18.6 Å². The van der Waals surface area contributed by atoms with E-state index in [0.717, 1.165) is 5.69 Å². The quantitative estimate of drug-likeness (QED) is 0.654. The van der Waals surface area contributed by atoms with Crippen molar-refractivity contribution in [2.75, 3.05) is 51.3 Å². The normalized spacial score (nSPS) is 30.6. The summed E-state index contributed by atoms with van der Waals surface area (Å²) in [6, 6.07) is 7.34. The number of ether oxygens (including phenoxy) is 3. The van der Waals surface area contributed by atoms with Crippen LogP contribution < -0.4 is 9.64 Å². The summed E-state index contributed by atoms with van der Waals surface area (Å²) >= 11 is 0. The van der Waals surface area contributed by atoms with Gasteiger partial charge in [-0.25, -0.2) is 4.79 Å². The number of hydrogen-bond donors (Lipinski definition) is 0. The fourth-order valence-electron chi connectivity index (χ4n) is 5.31.